The third-order valence-corrected chi connectivity index (χ3v) is 2.37. The fourth-order valence-electron chi connectivity index (χ4n) is 1.37. The Morgan fingerprint density at radius 2 is 2.35 bits per heavy atom. The molecule has 1 rings (SSSR count). The summed E-state index contributed by atoms with van der Waals surface area (Å²) in [6.45, 7) is 5.35. The second-order valence-corrected chi connectivity index (χ2v) is 3.77. The second-order valence-electron chi connectivity index (χ2n) is 3.77. The van der Waals surface area contributed by atoms with Crippen LogP contribution in [0, 0.1) is 0 Å². The number of hydrogen-bond acceptors (Lipinski definition) is 3. The first-order valence-corrected chi connectivity index (χ1v) is 5.57. The zero-order chi connectivity index (χ0) is 12.8. The largest absolute Gasteiger partial charge is 0.493 e. The van der Waals surface area contributed by atoms with Crippen molar-refractivity contribution in [1.82, 2.24) is 5.43 Å². The highest BCUT2D eigenvalue weighted by molar-refractivity contribution is 6.01. The molecule has 0 aliphatic carbocycles. The summed E-state index contributed by atoms with van der Waals surface area (Å²) in [6.07, 6.45) is 2.32. The number of rotatable bonds is 3. The number of hydrazone groups is 1. The Morgan fingerprint density at radius 1 is 1.65 bits per heavy atom. The van der Waals surface area contributed by atoms with Gasteiger partial charge >= 0.3 is 0 Å². The van der Waals surface area contributed by atoms with Crippen LogP contribution in [-0.2, 0) is 9.53 Å². The van der Waals surface area contributed by atoms with Crippen molar-refractivity contribution in [3.8, 4) is 0 Å². The SMILES string of the molecule is CCC(=O)N/N=C1/CCOC(/C=C(\C)F)=C1C. The highest BCUT2D eigenvalue weighted by atomic mass is 19.1. The number of nitrogens with one attached hydrogen (secondary N) is 1. The molecule has 0 spiro atoms. The van der Waals surface area contributed by atoms with E-state index < -0.39 is 0 Å². The summed E-state index contributed by atoms with van der Waals surface area (Å²) in [6, 6.07) is 0. The lowest BCUT2D eigenvalue weighted by molar-refractivity contribution is -0.120. The van der Waals surface area contributed by atoms with Gasteiger partial charge in [0.25, 0.3) is 0 Å². The lowest BCUT2D eigenvalue weighted by Crippen LogP contribution is -2.22. The number of nitrogens with zero attached hydrogens (tertiary/aromatic N) is 1. The molecule has 0 aromatic heterocycles. The second kappa shape index (κ2) is 6.18. The molecule has 1 amide bonds. The molecule has 0 radical (unpaired) electrons. The van der Waals surface area contributed by atoms with Crippen molar-refractivity contribution in [2.24, 2.45) is 5.10 Å². The summed E-state index contributed by atoms with van der Waals surface area (Å²) in [4.78, 5) is 11.1. The van der Waals surface area contributed by atoms with Crippen LogP contribution in [0.25, 0.3) is 0 Å². The van der Waals surface area contributed by atoms with Crippen molar-refractivity contribution in [3.63, 3.8) is 0 Å². The van der Waals surface area contributed by atoms with Gasteiger partial charge in [0.05, 0.1) is 12.3 Å². The normalized spacial score (nSPS) is 19.3. The third-order valence-electron chi connectivity index (χ3n) is 2.37. The van der Waals surface area contributed by atoms with Crippen molar-refractivity contribution >= 4 is 11.6 Å². The van der Waals surface area contributed by atoms with E-state index in [4.69, 9.17) is 4.74 Å². The minimum absolute atomic E-state index is 0.143. The number of carbonyl (C=O) groups is 1. The molecule has 0 saturated heterocycles. The predicted octanol–water partition coefficient (Wildman–Crippen LogP) is 2.44. The van der Waals surface area contributed by atoms with Crippen LogP contribution in [0.1, 0.15) is 33.6 Å². The summed E-state index contributed by atoms with van der Waals surface area (Å²) >= 11 is 0. The zero-order valence-corrected chi connectivity index (χ0v) is 10.3. The van der Waals surface area contributed by atoms with E-state index in [-0.39, 0.29) is 11.7 Å². The number of ether oxygens (including phenoxy) is 1. The van der Waals surface area contributed by atoms with Crippen LogP contribution in [0.3, 0.4) is 0 Å². The summed E-state index contributed by atoms with van der Waals surface area (Å²) in [5.41, 5.74) is 3.93. The Bertz CT molecular complexity index is 393. The minimum Gasteiger partial charge on any atom is -0.493 e. The molecule has 0 saturated carbocycles. The smallest absolute Gasteiger partial charge is 0.239 e. The van der Waals surface area contributed by atoms with Gasteiger partial charge in [-0.25, -0.2) is 9.82 Å². The molecule has 0 fully saturated rings. The maximum atomic E-state index is 12.8. The van der Waals surface area contributed by atoms with Crippen LogP contribution in [0.2, 0.25) is 0 Å². The van der Waals surface area contributed by atoms with Crippen LogP contribution in [0.15, 0.2) is 28.3 Å². The average Bonchev–Trinajstić information content (AvgIpc) is 2.29. The van der Waals surface area contributed by atoms with E-state index in [2.05, 4.69) is 10.5 Å². The highest BCUT2D eigenvalue weighted by Crippen LogP contribution is 2.19. The van der Waals surface area contributed by atoms with E-state index >= 15 is 0 Å². The molecule has 1 aliphatic rings. The summed E-state index contributed by atoms with van der Waals surface area (Å²) in [5, 5.41) is 4.02. The van der Waals surface area contributed by atoms with E-state index in [1.54, 1.807) is 13.8 Å². The number of amides is 1. The fraction of sp³-hybridized carbons (Fsp3) is 0.500. The third kappa shape index (κ3) is 4.01. The molecule has 0 atom stereocenters. The van der Waals surface area contributed by atoms with E-state index in [1.807, 2.05) is 0 Å². The van der Waals surface area contributed by atoms with Crippen molar-refractivity contribution in [2.45, 2.75) is 33.6 Å². The quantitative estimate of drug-likeness (QED) is 0.770. The van der Waals surface area contributed by atoms with Crippen LogP contribution in [0.5, 0.6) is 0 Å². The number of hydrogen-bond donors (Lipinski definition) is 1. The van der Waals surface area contributed by atoms with Gasteiger partial charge in [-0.1, -0.05) is 6.92 Å². The lowest BCUT2D eigenvalue weighted by atomic mass is 10.1. The lowest BCUT2D eigenvalue weighted by Gasteiger charge is -2.18. The van der Waals surface area contributed by atoms with Crippen LogP contribution in [-0.4, -0.2) is 18.2 Å². The van der Waals surface area contributed by atoms with Gasteiger partial charge in [0.15, 0.2) is 0 Å². The van der Waals surface area contributed by atoms with Gasteiger partial charge in [-0.2, -0.15) is 5.10 Å². The molecule has 94 valence electrons. The molecule has 0 aromatic carbocycles. The van der Waals surface area contributed by atoms with Crippen molar-refractivity contribution in [2.75, 3.05) is 6.61 Å². The zero-order valence-electron chi connectivity index (χ0n) is 10.3. The molecular formula is C12H17FN2O2. The first-order valence-electron chi connectivity index (χ1n) is 5.57. The molecule has 0 aromatic rings. The summed E-state index contributed by atoms with van der Waals surface area (Å²) in [7, 11) is 0. The average molecular weight is 240 g/mol. The Hall–Kier alpha value is -1.65. The Kier molecular flexibility index (Phi) is 4.87. The summed E-state index contributed by atoms with van der Waals surface area (Å²) in [5.74, 6) is 0.00879. The van der Waals surface area contributed by atoms with E-state index in [9.17, 15) is 9.18 Å². The van der Waals surface area contributed by atoms with Crippen molar-refractivity contribution < 1.29 is 13.9 Å². The Labute approximate surface area is 100 Å². The van der Waals surface area contributed by atoms with Gasteiger partial charge < -0.3 is 4.74 Å². The fourth-order valence-corrected chi connectivity index (χ4v) is 1.37. The summed E-state index contributed by atoms with van der Waals surface area (Å²) < 4.78 is 18.1. The van der Waals surface area contributed by atoms with Crippen LogP contribution in [0.4, 0.5) is 4.39 Å². The molecule has 0 unspecified atom stereocenters. The Morgan fingerprint density at radius 3 is 2.94 bits per heavy atom. The van der Waals surface area contributed by atoms with Crippen molar-refractivity contribution in [1.29, 1.82) is 0 Å². The standard InChI is InChI=1S/C12H17FN2O2/c1-4-12(16)15-14-10-5-6-17-11(9(10)3)7-8(2)13/h7H,4-6H2,1-3H3,(H,15,16)/b8-7+,14-10-. The molecule has 1 heterocycles. The van der Waals surface area contributed by atoms with E-state index in [0.717, 1.165) is 11.3 Å². The number of carbonyl (C=O) groups excluding carboxylic acids is 1. The molecule has 1 N–H and O–H groups in total. The van der Waals surface area contributed by atoms with Crippen LogP contribution < -0.4 is 5.43 Å². The minimum atomic E-state index is -0.321. The topological polar surface area (TPSA) is 50.7 Å². The van der Waals surface area contributed by atoms with Crippen molar-refractivity contribution in [3.05, 3.63) is 23.2 Å². The molecular weight excluding hydrogens is 223 g/mol. The molecule has 5 heteroatoms. The maximum Gasteiger partial charge on any atom is 0.239 e. The molecule has 17 heavy (non-hydrogen) atoms. The Balaban J connectivity index is 2.87. The van der Waals surface area contributed by atoms with Gasteiger partial charge in [-0.05, 0) is 13.8 Å². The van der Waals surface area contributed by atoms with Gasteiger partial charge in [0.1, 0.15) is 11.6 Å². The van der Waals surface area contributed by atoms with Gasteiger partial charge in [-0.15, -0.1) is 0 Å². The predicted molar refractivity (Wildman–Crippen MR) is 64.0 cm³/mol. The molecule has 0 bridgehead atoms. The van der Waals surface area contributed by atoms with Crippen LogP contribution >= 0.6 is 0 Å². The van der Waals surface area contributed by atoms with Gasteiger partial charge in [-0.3, -0.25) is 4.79 Å². The van der Waals surface area contributed by atoms with E-state index in [0.29, 0.717) is 25.2 Å². The molecule has 1 aliphatic heterocycles. The molecule has 4 nitrogen and oxygen atoms in total. The first kappa shape index (κ1) is 13.4. The van der Waals surface area contributed by atoms with E-state index in [1.165, 1.54) is 13.0 Å². The highest BCUT2D eigenvalue weighted by Gasteiger charge is 2.15. The monoisotopic (exact) mass is 240 g/mol. The van der Waals surface area contributed by atoms with Gasteiger partial charge in [0, 0.05) is 24.5 Å². The number of halogens is 1. The maximum absolute atomic E-state index is 12.8. The first-order chi connectivity index (χ1) is 8.04. The number of allylic oxidation sites excluding steroid dienone is 3. The van der Waals surface area contributed by atoms with Gasteiger partial charge in [0.2, 0.25) is 5.91 Å².